The molecule has 1 rings (SSSR count). The number of ether oxygens (including phenoxy) is 3. The molecule has 0 fully saturated rings. The summed E-state index contributed by atoms with van der Waals surface area (Å²) in [5, 5.41) is 0. The fourth-order valence-corrected chi connectivity index (χ4v) is 2.62. The third-order valence-electron chi connectivity index (χ3n) is 3.14. The summed E-state index contributed by atoms with van der Waals surface area (Å²) in [5.41, 5.74) is 0.905. The number of hydrogen-bond acceptors (Lipinski definition) is 5. The van der Waals surface area contributed by atoms with E-state index in [9.17, 15) is 9.59 Å². The number of halogens is 1. The Morgan fingerprint density at radius 1 is 1.09 bits per heavy atom. The van der Waals surface area contributed by atoms with Crippen LogP contribution in [0.1, 0.15) is 44.6 Å². The van der Waals surface area contributed by atoms with Gasteiger partial charge in [0, 0.05) is 12.8 Å². The zero-order valence-corrected chi connectivity index (χ0v) is 15.8. The maximum atomic E-state index is 11.7. The van der Waals surface area contributed by atoms with Gasteiger partial charge in [0.05, 0.1) is 17.3 Å². The zero-order chi connectivity index (χ0) is 17.1. The average Bonchev–Trinajstić information content (AvgIpc) is 2.53. The minimum absolute atomic E-state index is 0.218. The first kappa shape index (κ1) is 19.7. The molecule has 0 saturated carbocycles. The van der Waals surface area contributed by atoms with Gasteiger partial charge in [-0.1, -0.05) is 19.4 Å². The number of rotatable bonds is 10. The molecule has 0 aromatic heterocycles. The number of hydrogen-bond donors (Lipinski definition) is 0. The first-order valence-corrected chi connectivity index (χ1v) is 8.78. The van der Waals surface area contributed by atoms with Crippen LogP contribution in [0, 0.1) is 3.57 Å². The third kappa shape index (κ3) is 8.20. The zero-order valence-electron chi connectivity index (χ0n) is 13.6. The minimum Gasteiger partial charge on any atom is -0.496 e. The molecule has 0 heterocycles. The van der Waals surface area contributed by atoms with Crippen LogP contribution in [0.5, 0.6) is 5.75 Å². The Bertz CT molecular complexity index is 516. The normalized spacial score (nSPS) is 10.2. The summed E-state index contributed by atoms with van der Waals surface area (Å²) in [5.74, 6) is 0.232. The lowest BCUT2D eigenvalue weighted by molar-refractivity contribution is -0.146. The molecule has 0 aliphatic carbocycles. The molecule has 0 unspecified atom stereocenters. The lowest BCUT2D eigenvalue weighted by Gasteiger charge is -2.08. The molecular formula is C17H23IO5. The Morgan fingerprint density at radius 3 is 2.39 bits per heavy atom. The third-order valence-corrected chi connectivity index (χ3v) is 3.98. The SMILES string of the molecule is CCCCOC(=O)CCCC(=O)OCc1ccc(OC)c(I)c1. The van der Waals surface area contributed by atoms with Gasteiger partial charge >= 0.3 is 11.9 Å². The molecule has 0 saturated heterocycles. The molecule has 5 nitrogen and oxygen atoms in total. The van der Waals surface area contributed by atoms with E-state index in [1.165, 1.54) is 0 Å². The van der Waals surface area contributed by atoms with Gasteiger partial charge < -0.3 is 14.2 Å². The van der Waals surface area contributed by atoms with E-state index in [-0.39, 0.29) is 31.4 Å². The summed E-state index contributed by atoms with van der Waals surface area (Å²) in [6.07, 6.45) is 2.78. The van der Waals surface area contributed by atoms with Gasteiger partial charge in [-0.05, 0) is 53.1 Å². The summed E-state index contributed by atoms with van der Waals surface area (Å²) >= 11 is 2.17. The van der Waals surface area contributed by atoms with Crippen LogP contribution in [-0.2, 0) is 25.7 Å². The molecule has 0 spiro atoms. The van der Waals surface area contributed by atoms with Crippen molar-refractivity contribution in [2.24, 2.45) is 0 Å². The summed E-state index contributed by atoms with van der Waals surface area (Å²) in [6, 6.07) is 5.62. The van der Waals surface area contributed by atoms with Gasteiger partial charge in [-0.25, -0.2) is 0 Å². The van der Waals surface area contributed by atoms with Crippen molar-refractivity contribution in [1.29, 1.82) is 0 Å². The van der Waals surface area contributed by atoms with Gasteiger partial charge in [-0.3, -0.25) is 9.59 Å². The number of carbonyl (C=O) groups is 2. The first-order valence-electron chi connectivity index (χ1n) is 7.70. The van der Waals surface area contributed by atoms with E-state index in [2.05, 4.69) is 22.6 Å². The Hall–Kier alpha value is -1.31. The van der Waals surface area contributed by atoms with E-state index in [1.54, 1.807) is 7.11 Å². The molecule has 128 valence electrons. The van der Waals surface area contributed by atoms with E-state index >= 15 is 0 Å². The van der Waals surface area contributed by atoms with Gasteiger partial charge in [-0.2, -0.15) is 0 Å². The van der Waals surface area contributed by atoms with Crippen LogP contribution in [0.15, 0.2) is 18.2 Å². The maximum absolute atomic E-state index is 11.7. The van der Waals surface area contributed by atoms with Gasteiger partial charge in [0.15, 0.2) is 0 Å². The van der Waals surface area contributed by atoms with Gasteiger partial charge in [-0.15, -0.1) is 0 Å². The van der Waals surface area contributed by atoms with Crippen LogP contribution in [0.4, 0.5) is 0 Å². The molecular weight excluding hydrogens is 411 g/mol. The molecule has 0 amide bonds. The number of esters is 2. The monoisotopic (exact) mass is 434 g/mol. The summed E-state index contributed by atoms with van der Waals surface area (Å²) < 4.78 is 16.4. The van der Waals surface area contributed by atoms with Crippen LogP contribution in [0.2, 0.25) is 0 Å². The molecule has 23 heavy (non-hydrogen) atoms. The van der Waals surface area contributed by atoms with Crippen molar-refractivity contribution in [2.75, 3.05) is 13.7 Å². The standard InChI is InChI=1S/C17H23IO5/c1-3-4-10-22-16(19)6-5-7-17(20)23-12-13-8-9-15(21-2)14(18)11-13/h8-9,11H,3-7,10,12H2,1-2H3. The smallest absolute Gasteiger partial charge is 0.306 e. The molecule has 0 bridgehead atoms. The molecule has 0 atom stereocenters. The number of benzene rings is 1. The number of unbranched alkanes of at least 4 members (excludes halogenated alkanes) is 1. The highest BCUT2D eigenvalue weighted by molar-refractivity contribution is 14.1. The molecule has 6 heteroatoms. The molecule has 0 aliphatic rings. The second-order valence-electron chi connectivity index (χ2n) is 5.06. The van der Waals surface area contributed by atoms with Crippen LogP contribution in [0.3, 0.4) is 0 Å². The van der Waals surface area contributed by atoms with E-state index in [0.717, 1.165) is 27.7 Å². The Balaban J connectivity index is 2.22. The van der Waals surface area contributed by atoms with Crippen molar-refractivity contribution >= 4 is 34.5 Å². The van der Waals surface area contributed by atoms with E-state index in [1.807, 2.05) is 25.1 Å². The molecule has 0 N–H and O–H groups in total. The van der Waals surface area contributed by atoms with Crippen molar-refractivity contribution in [3.63, 3.8) is 0 Å². The van der Waals surface area contributed by atoms with Crippen molar-refractivity contribution < 1.29 is 23.8 Å². The van der Waals surface area contributed by atoms with Crippen molar-refractivity contribution in [3.8, 4) is 5.75 Å². The second kappa shape index (κ2) is 11.3. The Morgan fingerprint density at radius 2 is 1.78 bits per heavy atom. The van der Waals surface area contributed by atoms with Crippen LogP contribution < -0.4 is 4.74 Å². The summed E-state index contributed by atoms with van der Waals surface area (Å²) in [7, 11) is 1.62. The maximum Gasteiger partial charge on any atom is 0.306 e. The molecule has 0 radical (unpaired) electrons. The predicted octanol–water partition coefficient (Wildman–Crippen LogP) is 3.86. The van der Waals surface area contributed by atoms with Crippen molar-refractivity contribution in [2.45, 2.75) is 45.6 Å². The second-order valence-corrected chi connectivity index (χ2v) is 6.22. The lowest BCUT2D eigenvalue weighted by Crippen LogP contribution is -2.08. The summed E-state index contributed by atoms with van der Waals surface area (Å²) in [4.78, 5) is 23.1. The number of methoxy groups -OCH3 is 1. The highest BCUT2D eigenvalue weighted by Crippen LogP contribution is 2.22. The van der Waals surface area contributed by atoms with Crippen LogP contribution >= 0.6 is 22.6 Å². The topological polar surface area (TPSA) is 61.8 Å². The average molecular weight is 434 g/mol. The fraction of sp³-hybridized carbons (Fsp3) is 0.529. The minimum atomic E-state index is -0.308. The lowest BCUT2D eigenvalue weighted by atomic mass is 10.2. The van der Waals surface area contributed by atoms with Crippen LogP contribution in [-0.4, -0.2) is 25.7 Å². The largest absolute Gasteiger partial charge is 0.496 e. The Labute approximate surface area is 150 Å². The van der Waals surface area contributed by atoms with Gasteiger partial charge in [0.25, 0.3) is 0 Å². The van der Waals surface area contributed by atoms with Crippen LogP contribution in [0.25, 0.3) is 0 Å². The summed E-state index contributed by atoms with van der Waals surface area (Å²) in [6.45, 7) is 2.71. The molecule has 1 aromatic rings. The van der Waals surface area contributed by atoms with E-state index < -0.39 is 0 Å². The van der Waals surface area contributed by atoms with E-state index in [4.69, 9.17) is 14.2 Å². The van der Waals surface area contributed by atoms with Crippen molar-refractivity contribution in [1.82, 2.24) is 0 Å². The highest BCUT2D eigenvalue weighted by Gasteiger charge is 2.08. The van der Waals surface area contributed by atoms with Gasteiger partial charge in [0.2, 0.25) is 0 Å². The predicted molar refractivity (Wildman–Crippen MR) is 95.2 cm³/mol. The highest BCUT2D eigenvalue weighted by atomic mass is 127. The molecule has 0 aliphatic heterocycles. The van der Waals surface area contributed by atoms with Crippen molar-refractivity contribution in [3.05, 3.63) is 27.3 Å². The Kier molecular flexibility index (Phi) is 9.66. The fourth-order valence-electron chi connectivity index (χ4n) is 1.82. The number of carbonyl (C=O) groups excluding carboxylic acids is 2. The van der Waals surface area contributed by atoms with Gasteiger partial charge in [0.1, 0.15) is 12.4 Å². The quantitative estimate of drug-likeness (QED) is 0.318. The molecule has 1 aromatic carbocycles. The van der Waals surface area contributed by atoms with E-state index in [0.29, 0.717) is 13.0 Å². The first-order chi connectivity index (χ1) is 11.1.